The van der Waals surface area contributed by atoms with Crippen molar-refractivity contribution in [1.82, 2.24) is 19.1 Å². The first kappa shape index (κ1) is 16.4. The largest absolute Gasteiger partial charge is 0.311 e. The van der Waals surface area contributed by atoms with Gasteiger partial charge in [-0.3, -0.25) is 14.2 Å². The van der Waals surface area contributed by atoms with Gasteiger partial charge in [0, 0.05) is 42.7 Å². The molecule has 1 aliphatic rings. The van der Waals surface area contributed by atoms with E-state index in [1.54, 1.807) is 21.2 Å². The minimum atomic E-state index is 0.0559. The van der Waals surface area contributed by atoms with Gasteiger partial charge in [0.05, 0.1) is 11.7 Å². The molecule has 0 saturated heterocycles. The highest BCUT2D eigenvalue weighted by Gasteiger charge is 2.37. The van der Waals surface area contributed by atoms with E-state index >= 15 is 0 Å². The maximum atomic E-state index is 12.7. The number of benzene rings is 1. The van der Waals surface area contributed by atoms with Gasteiger partial charge in [0.15, 0.2) is 0 Å². The van der Waals surface area contributed by atoms with E-state index in [4.69, 9.17) is 0 Å². The number of hydrogen-bond acceptors (Lipinski definition) is 4. The van der Waals surface area contributed by atoms with Crippen LogP contribution in [0.4, 0.5) is 0 Å². The van der Waals surface area contributed by atoms with Gasteiger partial charge in [-0.15, -0.1) is 0 Å². The van der Waals surface area contributed by atoms with Crippen molar-refractivity contribution in [1.29, 1.82) is 0 Å². The average Bonchev–Trinajstić information content (AvgIpc) is 3.19. The molecule has 4 rings (SSSR count). The monoisotopic (exact) mass is 354 g/mol. The second kappa shape index (κ2) is 6.04. The highest BCUT2D eigenvalue weighted by Crippen LogP contribution is 2.37. The van der Waals surface area contributed by atoms with Gasteiger partial charge in [-0.25, -0.2) is 0 Å². The standard InChI is InChI=1S/C19H22N4OS/c1-19(6-7-19)21-25-16-4-5-17-14(10-16)9-15(18(24)23(17)3)8-13-11-20-22(2)12-13/h4-5,9-12,21H,6-8H2,1-3H3. The Morgan fingerprint density at radius 2 is 2.08 bits per heavy atom. The van der Waals surface area contributed by atoms with Crippen LogP contribution < -0.4 is 10.3 Å². The van der Waals surface area contributed by atoms with Crippen molar-refractivity contribution in [3.63, 3.8) is 0 Å². The number of rotatable bonds is 5. The quantitative estimate of drug-likeness (QED) is 0.716. The van der Waals surface area contributed by atoms with Gasteiger partial charge in [-0.05, 0) is 66.9 Å². The molecule has 1 fully saturated rings. The Morgan fingerprint density at radius 1 is 1.28 bits per heavy atom. The zero-order valence-electron chi connectivity index (χ0n) is 14.7. The maximum Gasteiger partial charge on any atom is 0.254 e. The lowest BCUT2D eigenvalue weighted by atomic mass is 10.1. The van der Waals surface area contributed by atoms with Gasteiger partial charge in [0.25, 0.3) is 5.56 Å². The molecule has 0 bridgehead atoms. The Kier molecular flexibility index (Phi) is 3.96. The van der Waals surface area contributed by atoms with E-state index in [1.165, 1.54) is 17.7 Å². The molecule has 2 aromatic heterocycles. The summed E-state index contributed by atoms with van der Waals surface area (Å²) in [7, 11) is 3.73. The number of nitrogens with one attached hydrogen (secondary N) is 1. The fourth-order valence-electron chi connectivity index (χ4n) is 2.97. The highest BCUT2D eigenvalue weighted by atomic mass is 32.2. The summed E-state index contributed by atoms with van der Waals surface area (Å²) in [6, 6.07) is 8.29. The molecule has 0 unspecified atom stereocenters. The van der Waals surface area contributed by atoms with E-state index in [-0.39, 0.29) is 11.1 Å². The number of pyridine rings is 1. The molecule has 0 atom stereocenters. The van der Waals surface area contributed by atoms with Crippen molar-refractivity contribution in [3.8, 4) is 0 Å². The second-order valence-corrected chi connectivity index (χ2v) is 8.10. The Balaban J connectivity index is 1.68. The second-order valence-electron chi connectivity index (χ2n) is 7.22. The first-order chi connectivity index (χ1) is 11.9. The van der Waals surface area contributed by atoms with Crippen molar-refractivity contribution < 1.29 is 0 Å². The van der Waals surface area contributed by atoms with Crippen molar-refractivity contribution in [3.05, 3.63) is 58.1 Å². The summed E-state index contributed by atoms with van der Waals surface area (Å²) in [4.78, 5) is 13.8. The van der Waals surface area contributed by atoms with E-state index < -0.39 is 0 Å². The van der Waals surface area contributed by atoms with Gasteiger partial charge in [-0.2, -0.15) is 5.10 Å². The molecule has 130 valence electrons. The fraction of sp³-hybridized carbons (Fsp3) is 0.368. The summed E-state index contributed by atoms with van der Waals surface area (Å²) in [5, 5.41) is 5.28. The van der Waals surface area contributed by atoms with Gasteiger partial charge in [0.1, 0.15) is 0 Å². The van der Waals surface area contributed by atoms with Gasteiger partial charge in [-0.1, -0.05) is 0 Å². The Hall–Kier alpha value is -2.05. The summed E-state index contributed by atoms with van der Waals surface area (Å²) >= 11 is 1.68. The molecule has 0 spiro atoms. The molecule has 1 N–H and O–H groups in total. The van der Waals surface area contributed by atoms with Crippen LogP contribution in [-0.2, 0) is 20.5 Å². The van der Waals surface area contributed by atoms with E-state index in [9.17, 15) is 4.79 Å². The molecule has 6 heteroatoms. The summed E-state index contributed by atoms with van der Waals surface area (Å²) in [5.41, 5.74) is 3.15. The lowest BCUT2D eigenvalue weighted by Crippen LogP contribution is -2.21. The van der Waals surface area contributed by atoms with Crippen LogP contribution in [-0.4, -0.2) is 19.9 Å². The van der Waals surface area contributed by atoms with Crippen LogP contribution in [0.2, 0.25) is 0 Å². The van der Waals surface area contributed by atoms with Crippen LogP contribution in [0.15, 0.2) is 46.3 Å². The Labute approximate surface area is 151 Å². The normalized spacial score (nSPS) is 15.6. The van der Waals surface area contributed by atoms with Crippen LogP contribution >= 0.6 is 11.9 Å². The smallest absolute Gasteiger partial charge is 0.254 e. The third-order valence-electron chi connectivity index (χ3n) is 4.84. The van der Waals surface area contributed by atoms with Crippen LogP contribution in [0.25, 0.3) is 10.9 Å². The third kappa shape index (κ3) is 3.37. The number of fused-ring (bicyclic) bond motifs is 1. The molecule has 3 aromatic rings. The minimum Gasteiger partial charge on any atom is -0.311 e. The summed E-state index contributed by atoms with van der Waals surface area (Å²) in [6.45, 7) is 2.25. The van der Waals surface area contributed by atoms with Gasteiger partial charge >= 0.3 is 0 Å². The highest BCUT2D eigenvalue weighted by molar-refractivity contribution is 7.97. The predicted molar refractivity (Wildman–Crippen MR) is 102 cm³/mol. The SMILES string of the molecule is Cn1cc(Cc2cc3cc(SNC4(C)CC4)ccc3n(C)c2=O)cn1. The van der Waals surface area contributed by atoms with E-state index in [2.05, 4.69) is 28.9 Å². The van der Waals surface area contributed by atoms with Crippen molar-refractivity contribution in [2.45, 2.75) is 36.6 Å². The average molecular weight is 354 g/mol. The van der Waals surface area contributed by atoms with Crippen LogP contribution in [0.1, 0.15) is 30.9 Å². The van der Waals surface area contributed by atoms with Crippen LogP contribution in [0.3, 0.4) is 0 Å². The molecule has 1 aromatic carbocycles. The number of hydrogen-bond donors (Lipinski definition) is 1. The first-order valence-electron chi connectivity index (χ1n) is 8.48. The molecule has 25 heavy (non-hydrogen) atoms. The van der Waals surface area contributed by atoms with Crippen LogP contribution in [0.5, 0.6) is 0 Å². The zero-order chi connectivity index (χ0) is 17.6. The third-order valence-corrected chi connectivity index (χ3v) is 5.92. The lowest BCUT2D eigenvalue weighted by Gasteiger charge is -2.12. The molecule has 5 nitrogen and oxygen atoms in total. The van der Waals surface area contributed by atoms with E-state index in [0.29, 0.717) is 6.42 Å². The summed E-state index contributed by atoms with van der Waals surface area (Å²) in [5.74, 6) is 0. The maximum absolute atomic E-state index is 12.7. The van der Waals surface area contributed by atoms with Crippen molar-refractivity contribution in [2.75, 3.05) is 0 Å². The first-order valence-corrected chi connectivity index (χ1v) is 9.29. The Morgan fingerprint density at radius 3 is 2.76 bits per heavy atom. The molecular formula is C19H22N4OS. The molecular weight excluding hydrogens is 332 g/mol. The van der Waals surface area contributed by atoms with Gasteiger partial charge in [0.2, 0.25) is 0 Å². The topological polar surface area (TPSA) is 51.9 Å². The molecule has 0 aliphatic heterocycles. The van der Waals surface area contributed by atoms with E-state index in [0.717, 1.165) is 22.0 Å². The van der Waals surface area contributed by atoms with Crippen molar-refractivity contribution >= 4 is 22.9 Å². The fourth-order valence-corrected chi connectivity index (χ4v) is 3.86. The molecule has 0 amide bonds. The molecule has 2 heterocycles. The number of aromatic nitrogens is 3. The van der Waals surface area contributed by atoms with Crippen LogP contribution in [0, 0.1) is 0 Å². The molecule has 0 radical (unpaired) electrons. The molecule has 1 aliphatic carbocycles. The Bertz CT molecular complexity index is 1000. The molecule has 1 saturated carbocycles. The summed E-state index contributed by atoms with van der Waals surface area (Å²) in [6.07, 6.45) is 6.84. The van der Waals surface area contributed by atoms with E-state index in [1.807, 2.05) is 38.6 Å². The van der Waals surface area contributed by atoms with Crippen molar-refractivity contribution in [2.24, 2.45) is 14.1 Å². The lowest BCUT2D eigenvalue weighted by molar-refractivity contribution is 0.701. The number of nitrogens with zero attached hydrogens (tertiary/aromatic N) is 3. The predicted octanol–water partition coefficient (Wildman–Crippen LogP) is 3.01. The van der Waals surface area contributed by atoms with Gasteiger partial charge < -0.3 is 4.57 Å². The zero-order valence-corrected chi connectivity index (χ0v) is 15.6. The number of aryl methyl sites for hydroxylation is 2. The minimum absolute atomic E-state index is 0.0559. The summed E-state index contributed by atoms with van der Waals surface area (Å²) < 4.78 is 7.04.